The predicted molar refractivity (Wildman–Crippen MR) is 49.9 cm³/mol. The summed E-state index contributed by atoms with van der Waals surface area (Å²) in [5.41, 5.74) is 1.25. The van der Waals surface area contributed by atoms with E-state index in [0.29, 0.717) is 11.2 Å². The third-order valence-corrected chi connectivity index (χ3v) is 1.61. The molecule has 0 aliphatic heterocycles. The highest BCUT2D eigenvalue weighted by atomic mass is 16.1. The fourth-order valence-corrected chi connectivity index (χ4v) is 1.05. The van der Waals surface area contributed by atoms with Crippen LogP contribution in [0.5, 0.6) is 0 Å². The molecule has 0 aliphatic rings. The summed E-state index contributed by atoms with van der Waals surface area (Å²) >= 11 is 0. The molecule has 0 atom stereocenters. The van der Waals surface area contributed by atoms with Crippen molar-refractivity contribution in [2.24, 2.45) is 0 Å². The molecule has 4 heteroatoms. The number of rotatable bonds is 1. The first kappa shape index (κ1) is 9.28. The van der Waals surface area contributed by atoms with Crippen LogP contribution in [0.4, 0.5) is 0 Å². The van der Waals surface area contributed by atoms with Gasteiger partial charge in [0.25, 0.3) is 0 Å². The zero-order chi connectivity index (χ0) is 8.39. The van der Waals surface area contributed by atoms with Crippen molar-refractivity contribution in [1.29, 1.82) is 0 Å². The summed E-state index contributed by atoms with van der Waals surface area (Å²) in [6.07, 6.45) is 3.97. The van der Waals surface area contributed by atoms with Gasteiger partial charge in [-0.2, -0.15) is 0 Å². The van der Waals surface area contributed by atoms with Gasteiger partial charge in [0.15, 0.2) is 11.9 Å². The van der Waals surface area contributed by atoms with E-state index in [4.69, 9.17) is 0 Å². The van der Waals surface area contributed by atoms with E-state index < -0.39 is 0 Å². The van der Waals surface area contributed by atoms with Crippen molar-refractivity contribution < 1.29 is 4.79 Å². The Kier molecular flexibility index (Phi) is 2.66. The van der Waals surface area contributed by atoms with Gasteiger partial charge in [0.1, 0.15) is 0 Å². The Morgan fingerprint density at radius 1 is 1.31 bits per heavy atom. The van der Waals surface area contributed by atoms with Crippen LogP contribution in [-0.4, -0.2) is 16.3 Å². The van der Waals surface area contributed by atoms with E-state index in [1.165, 1.54) is 6.20 Å². The topological polar surface area (TPSA) is 77.9 Å². The van der Waals surface area contributed by atoms with Gasteiger partial charge in [-0.3, -0.25) is 4.79 Å². The number of aromatic nitrogens is 2. The molecule has 2 aromatic heterocycles. The van der Waals surface area contributed by atoms with Gasteiger partial charge < -0.3 is 6.15 Å². The summed E-state index contributed by atoms with van der Waals surface area (Å²) in [5.74, 6) is 0. The normalized spacial score (nSPS) is 9.23. The second kappa shape index (κ2) is 3.73. The van der Waals surface area contributed by atoms with Crippen molar-refractivity contribution >= 4 is 17.3 Å². The van der Waals surface area contributed by atoms with E-state index in [0.717, 1.165) is 11.7 Å². The molecular formula is C9H9N3O. The van der Waals surface area contributed by atoms with E-state index in [-0.39, 0.29) is 6.15 Å². The molecule has 0 aliphatic carbocycles. The highest BCUT2D eigenvalue weighted by Crippen LogP contribution is 2.08. The highest BCUT2D eigenvalue weighted by Gasteiger charge is 1.95. The number of carbonyl (C=O) groups is 1. The Bertz CT molecular complexity index is 428. The van der Waals surface area contributed by atoms with Crippen LogP contribution in [0.1, 0.15) is 10.4 Å². The molecule has 4 nitrogen and oxygen atoms in total. The maximum Gasteiger partial charge on any atom is 0.159 e. The Morgan fingerprint density at radius 3 is 2.92 bits per heavy atom. The Morgan fingerprint density at radius 2 is 2.15 bits per heavy atom. The van der Waals surface area contributed by atoms with Gasteiger partial charge in [0.05, 0.1) is 0 Å². The summed E-state index contributed by atoms with van der Waals surface area (Å²) in [6, 6.07) is 5.46. The van der Waals surface area contributed by atoms with E-state index in [1.807, 2.05) is 12.1 Å². The summed E-state index contributed by atoms with van der Waals surface area (Å²) in [6.45, 7) is 0. The molecule has 0 fully saturated rings. The molecule has 13 heavy (non-hydrogen) atoms. The first-order valence-electron chi connectivity index (χ1n) is 3.56. The summed E-state index contributed by atoms with van der Waals surface area (Å²) < 4.78 is 0. The molecule has 0 saturated carbocycles. The van der Waals surface area contributed by atoms with Crippen LogP contribution in [0, 0.1) is 0 Å². The lowest BCUT2D eigenvalue weighted by Crippen LogP contribution is -1.86. The number of aldehydes is 1. The van der Waals surface area contributed by atoms with Gasteiger partial charge in [-0.05, 0) is 18.2 Å². The molecule has 3 N–H and O–H groups in total. The third kappa shape index (κ3) is 1.68. The maximum atomic E-state index is 10.4. The lowest BCUT2D eigenvalue weighted by Gasteiger charge is -1.94. The Balaban J connectivity index is 0.000000845. The number of hydrogen-bond donors (Lipinski definition) is 1. The molecule has 2 aromatic rings. The van der Waals surface area contributed by atoms with Gasteiger partial charge >= 0.3 is 0 Å². The molecule has 0 saturated heterocycles. The van der Waals surface area contributed by atoms with Crippen LogP contribution >= 0.6 is 0 Å². The average molecular weight is 175 g/mol. The monoisotopic (exact) mass is 175 g/mol. The largest absolute Gasteiger partial charge is 0.344 e. The molecule has 0 aromatic carbocycles. The lowest BCUT2D eigenvalue weighted by atomic mass is 10.2. The van der Waals surface area contributed by atoms with Crippen molar-refractivity contribution in [1.82, 2.24) is 16.1 Å². The maximum absolute atomic E-state index is 10.4. The first-order chi connectivity index (χ1) is 5.90. The van der Waals surface area contributed by atoms with E-state index in [9.17, 15) is 4.79 Å². The second-order valence-electron chi connectivity index (χ2n) is 2.44. The molecular weight excluding hydrogens is 166 g/mol. The Labute approximate surface area is 75.2 Å². The minimum absolute atomic E-state index is 0. The summed E-state index contributed by atoms with van der Waals surface area (Å²) in [5, 5.41) is 0.891. The first-order valence-corrected chi connectivity index (χ1v) is 3.56. The number of carbonyl (C=O) groups excluding carboxylic acids is 1. The van der Waals surface area contributed by atoms with Gasteiger partial charge in [-0.15, -0.1) is 0 Å². The average Bonchev–Trinajstić information content (AvgIpc) is 2.17. The highest BCUT2D eigenvalue weighted by molar-refractivity contribution is 5.83. The summed E-state index contributed by atoms with van der Waals surface area (Å²) in [7, 11) is 0. The van der Waals surface area contributed by atoms with Crippen molar-refractivity contribution in [3.8, 4) is 0 Å². The van der Waals surface area contributed by atoms with Gasteiger partial charge in [0.2, 0.25) is 0 Å². The third-order valence-electron chi connectivity index (χ3n) is 1.61. The Hall–Kier alpha value is -1.81. The zero-order valence-corrected chi connectivity index (χ0v) is 6.97. The van der Waals surface area contributed by atoms with Crippen LogP contribution < -0.4 is 6.15 Å². The van der Waals surface area contributed by atoms with Crippen LogP contribution in [0.25, 0.3) is 11.0 Å². The molecule has 0 radical (unpaired) electrons. The fraction of sp³-hybridized carbons (Fsp3) is 0. The van der Waals surface area contributed by atoms with Crippen molar-refractivity contribution in [3.63, 3.8) is 0 Å². The fourth-order valence-electron chi connectivity index (χ4n) is 1.05. The quantitative estimate of drug-likeness (QED) is 0.668. The molecule has 0 amide bonds. The van der Waals surface area contributed by atoms with Crippen molar-refractivity contribution in [2.45, 2.75) is 0 Å². The molecule has 2 heterocycles. The van der Waals surface area contributed by atoms with E-state index in [1.54, 1.807) is 12.3 Å². The van der Waals surface area contributed by atoms with E-state index in [2.05, 4.69) is 9.97 Å². The van der Waals surface area contributed by atoms with Gasteiger partial charge in [-0.1, -0.05) is 0 Å². The number of hydrogen-bond acceptors (Lipinski definition) is 4. The second-order valence-corrected chi connectivity index (χ2v) is 2.44. The SMILES string of the molecule is N.O=Cc1cnc2ncccc2c1. The van der Waals surface area contributed by atoms with Gasteiger partial charge in [-0.25, -0.2) is 9.97 Å². The van der Waals surface area contributed by atoms with Crippen molar-refractivity contribution in [2.75, 3.05) is 0 Å². The standard InChI is InChI=1S/C9H6N2O.H3N/c12-6-7-4-8-2-1-3-10-9(8)11-5-7;/h1-6H;1H3. The van der Waals surface area contributed by atoms with Gasteiger partial charge in [0, 0.05) is 23.3 Å². The minimum Gasteiger partial charge on any atom is -0.344 e. The number of fused-ring (bicyclic) bond motifs is 1. The lowest BCUT2D eigenvalue weighted by molar-refractivity contribution is 0.112. The predicted octanol–water partition coefficient (Wildman–Crippen LogP) is 1.60. The van der Waals surface area contributed by atoms with Crippen LogP contribution in [0.3, 0.4) is 0 Å². The molecule has 66 valence electrons. The summed E-state index contributed by atoms with van der Waals surface area (Å²) in [4.78, 5) is 18.4. The van der Waals surface area contributed by atoms with Crippen LogP contribution in [0.2, 0.25) is 0 Å². The van der Waals surface area contributed by atoms with Crippen LogP contribution in [0.15, 0.2) is 30.6 Å². The molecule has 0 unspecified atom stereocenters. The molecule has 0 bridgehead atoms. The van der Waals surface area contributed by atoms with Crippen molar-refractivity contribution in [3.05, 3.63) is 36.2 Å². The smallest absolute Gasteiger partial charge is 0.159 e. The molecule has 2 rings (SSSR count). The minimum atomic E-state index is 0. The van der Waals surface area contributed by atoms with Crippen LogP contribution in [-0.2, 0) is 0 Å². The van der Waals surface area contributed by atoms with E-state index >= 15 is 0 Å². The number of pyridine rings is 2. The zero-order valence-electron chi connectivity index (χ0n) is 6.97. The molecule has 0 spiro atoms. The number of nitrogens with zero attached hydrogens (tertiary/aromatic N) is 2.